The molecule has 0 spiro atoms. The maximum Gasteiger partial charge on any atom is 0.0658 e. The fraction of sp³-hybridized carbons (Fsp3) is 0.714. The van der Waals surface area contributed by atoms with Crippen LogP contribution in [0.5, 0.6) is 0 Å². The summed E-state index contributed by atoms with van der Waals surface area (Å²) in [6, 6.07) is 0.429. The van der Waals surface area contributed by atoms with Crippen LogP contribution in [0.25, 0.3) is 0 Å². The van der Waals surface area contributed by atoms with Crippen LogP contribution in [-0.2, 0) is 4.74 Å². The molecule has 0 radical (unpaired) electrons. The predicted octanol–water partition coefficient (Wildman–Crippen LogP) is 0.503. The lowest BCUT2D eigenvalue weighted by Crippen LogP contribution is -2.41. The molecule has 1 fully saturated rings. The molecule has 1 rings (SSSR count). The lowest BCUT2D eigenvalue weighted by molar-refractivity contribution is 0.0235. The van der Waals surface area contributed by atoms with Gasteiger partial charge >= 0.3 is 0 Å². The quantitative estimate of drug-likeness (QED) is 0.476. The summed E-state index contributed by atoms with van der Waals surface area (Å²) in [5.74, 6) is 0. The number of ether oxygens (including phenoxy) is 1. The molecule has 1 atom stereocenters. The van der Waals surface area contributed by atoms with Crippen LogP contribution in [0, 0.1) is 0 Å². The topological polar surface area (TPSA) is 12.5 Å². The number of rotatable bonds is 1. The summed E-state index contributed by atoms with van der Waals surface area (Å²) in [6.45, 7) is 6.41. The molecule has 0 aromatic carbocycles. The second kappa shape index (κ2) is 2.99. The summed E-state index contributed by atoms with van der Waals surface area (Å²) < 4.78 is 5.23. The van der Waals surface area contributed by atoms with Crippen LogP contribution in [0.1, 0.15) is 0 Å². The lowest BCUT2D eigenvalue weighted by Gasteiger charge is -2.29. The number of nitrogens with zero attached hydrogens (tertiary/aromatic N) is 1. The minimum Gasteiger partial charge on any atom is -0.378 e. The van der Waals surface area contributed by atoms with E-state index in [-0.39, 0.29) is 0 Å². The zero-order valence-corrected chi connectivity index (χ0v) is 5.84. The molecule has 0 saturated carbocycles. The van der Waals surface area contributed by atoms with E-state index >= 15 is 0 Å². The van der Waals surface area contributed by atoms with Gasteiger partial charge in [-0.3, -0.25) is 4.90 Å². The van der Waals surface area contributed by atoms with Crippen molar-refractivity contribution in [2.75, 3.05) is 26.8 Å². The number of hydrogen-bond donors (Lipinski definition) is 0. The molecule has 9 heavy (non-hydrogen) atoms. The summed E-state index contributed by atoms with van der Waals surface area (Å²) in [5.41, 5.74) is 0. The Morgan fingerprint density at radius 3 is 3.00 bits per heavy atom. The normalized spacial score (nSPS) is 30.1. The molecule has 52 valence electrons. The molecule has 1 unspecified atom stereocenters. The summed E-state index contributed by atoms with van der Waals surface area (Å²) in [6.07, 6.45) is 1.93. The van der Waals surface area contributed by atoms with Gasteiger partial charge in [0, 0.05) is 6.54 Å². The Balaban J connectivity index is 2.38. The maximum atomic E-state index is 5.23. The molecule has 1 aliphatic rings. The molecule has 1 aliphatic heterocycles. The average Bonchev–Trinajstić information content (AvgIpc) is 1.89. The Bertz CT molecular complexity index is 103. The SMILES string of the molecule is C=CC1COCCN1C. The van der Waals surface area contributed by atoms with E-state index in [1.54, 1.807) is 0 Å². The summed E-state index contributed by atoms with van der Waals surface area (Å²) in [7, 11) is 2.09. The van der Waals surface area contributed by atoms with Gasteiger partial charge in [0.1, 0.15) is 0 Å². The van der Waals surface area contributed by atoms with Crippen LogP contribution >= 0.6 is 0 Å². The van der Waals surface area contributed by atoms with Gasteiger partial charge in [-0.05, 0) is 7.05 Å². The van der Waals surface area contributed by atoms with Gasteiger partial charge in [0.05, 0.1) is 19.3 Å². The molecule has 0 amide bonds. The van der Waals surface area contributed by atoms with Crippen molar-refractivity contribution < 1.29 is 4.74 Å². The number of hydrogen-bond acceptors (Lipinski definition) is 2. The maximum absolute atomic E-state index is 5.23. The highest BCUT2D eigenvalue weighted by molar-refractivity contribution is 4.87. The van der Waals surface area contributed by atoms with Crippen LogP contribution in [0.4, 0.5) is 0 Å². The van der Waals surface area contributed by atoms with Crippen molar-refractivity contribution in [3.63, 3.8) is 0 Å². The molecule has 0 aromatic rings. The van der Waals surface area contributed by atoms with Crippen LogP contribution in [0.2, 0.25) is 0 Å². The Morgan fingerprint density at radius 2 is 2.56 bits per heavy atom. The van der Waals surface area contributed by atoms with Crippen molar-refractivity contribution in [2.45, 2.75) is 6.04 Å². The highest BCUT2D eigenvalue weighted by Crippen LogP contribution is 2.03. The molecule has 2 heteroatoms. The van der Waals surface area contributed by atoms with Crippen LogP contribution in [-0.4, -0.2) is 37.7 Å². The van der Waals surface area contributed by atoms with E-state index in [2.05, 4.69) is 18.5 Å². The summed E-state index contributed by atoms with van der Waals surface area (Å²) in [5, 5.41) is 0. The first kappa shape index (κ1) is 6.78. The van der Waals surface area contributed by atoms with Gasteiger partial charge in [0.2, 0.25) is 0 Å². The molecule has 2 nitrogen and oxygen atoms in total. The zero-order chi connectivity index (χ0) is 6.69. The molecule has 0 N–H and O–H groups in total. The fourth-order valence-electron chi connectivity index (χ4n) is 0.954. The molecular weight excluding hydrogens is 114 g/mol. The fourth-order valence-corrected chi connectivity index (χ4v) is 0.954. The van der Waals surface area contributed by atoms with E-state index in [1.165, 1.54) is 0 Å². The van der Waals surface area contributed by atoms with E-state index in [0.29, 0.717) is 6.04 Å². The molecular formula is C7H13NO. The highest BCUT2D eigenvalue weighted by Gasteiger charge is 2.14. The highest BCUT2D eigenvalue weighted by atomic mass is 16.5. The van der Waals surface area contributed by atoms with Crippen molar-refractivity contribution in [3.8, 4) is 0 Å². The molecule has 0 aromatic heterocycles. The van der Waals surface area contributed by atoms with E-state index in [0.717, 1.165) is 19.8 Å². The Kier molecular flexibility index (Phi) is 2.25. The van der Waals surface area contributed by atoms with Gasteiger partial charge in [-0.25, -0.2) is 0 Å². The smallest absolute Gasteiger partial charge is 0.0658 e. The minimum absolute atomic E-state index is 0.429. The second-order valence-corrected chi connectivity index (χ2v) is 2.36. The van der Waals surface area contributed by atoms with E-state index in [4.69, 9.17) is 4.74 Å². The van der Waals surface area contributed by atoms with Crippen molar-refractivity contribution in [1.82, 2.24) is 4.90 Å². The standard InChI is InChI=1S/C7H13NO/c1-3-7-6-9-5-4-8(7)2/h3,7H,1,4-6H2,2H3. The van der Waals surface area contributed by atoms with Gasteiger partial charge in [-0.1, -0.05) is 6.08 Å². The lowest BCUT2D eigenvalue weighted by atomic mass is 10.2. The number of likely N-dealkylation sites (N-methyl/N-ethyl adjacent to an activating group) is 1. The average molecular weight is 127 g/mol. The van der Waals surface area contributed by atoms with Gasteiger partial charge in [-0.2, -0.15) is 0 Å². The third-order valence-electron chi connectivity index (χ3n) is 1.72. The van der Waals surface area contributed by atoms with Crippen molar-refractivity contribution in [1.29, 1.82) is 0 Å². The molecule has 1 heterocycles. The predicted molar refractivity (Wildman–Crippen MR) is 37.4 cm³/mol. The van der Waals surface area contributed by atoms with Crippen LogP contribution < -0.4 is 0 Å². The first-order valence-electron chi connectivity index (χ1n) is 3.25. The number of morpholine rings is 1. The third-order valence-corrected chi connectivity index (χ3v) is 1.72. The Hall–Kier alpha value is -0.340. The van der Waals surface area contributed by atoms with Crippen molar-refractivity contribution >= 4 is 0 Å². The molecule has 0 bridgehead atoms. The third kappa shape index (κ3) is 1.53. The zero-order valence-electron chi connectivity index (χ0n) is 5.84. The van der Waals surface area contributed by atoms with E-state index < -0.39 is 0 Å². The van der Waals surface area contributed by atoms with Gasteiger partial charge in [0.15, 0.2) is 0 Å². The minimum atomic E-state index is 0.429. The first-order valence-corrected chi connectivity index (χ1v) is 3.25. The second-order valence-electron chi connectivity index (χ2n) is 2.36. The summed E-state index contributed by atoms with van der Waals surface area (Å²) in [4.78, 5) is 2.25. The first-order chi connectivity index (χ1) is 4.34. The molecule has 0 aliphatic carbocycles. The van der Waals surface area contributed by atoms with Gasteiger partial charge in [-0.15, -0.1) is 6.58 Å². The summed E-state index contributed by atoms with van der Waals surface area (Å²) >= 11 is 0. The van der Waals surface area contributed by atoms with Gasteiger partial charge in [0.25, 0.3) is 0 Å². The van der Waals surface area contributed by atoms with Gasteiger partial charge < -0.3 is 4.74 Å². The van der Waals surface area contributed by atoms with E-state index in [9.17, 15) is 0 Å². The van der Waals surface area contributed by atoms with E-state index in [1.807, 2.05) is 6.08 Å². The largest absolute Gasteiger partial charge is 0.378 e. The van der Waals surface area contributed by atoms with Crippen molar-refractivity contribution in [3.05, 3.63) is 12.7 Å². The Morgan fingerprint density at radius 1 is 1.78 bits per heavy atom. The monoisotopic (exact) mass is 127 g/mol. The van der Waals surface area contributed by atoms with Crippen molar-refractivity contribution in [2.24, 2.45) is 0 Å². The molecule has 1 saturated heterocycles. The Labute approximate surface area is 56.1 Å². The van der Waals surface area contributed by atoms with Crippen LogP contribution in [0.15, 0.2) is 12.7 Å². The van der Waals surface area contributed by atoms with Crippen LogP contribution in [0.3, 0.4) is 0 Å².